The number of urea groups is 1. The Morgan fingerprint density at radius 2 is 2.03 bits per heavy atom. The molecule has 2 aromatic heterocycles. The zero-order chi connectivity index (χ0) is 23.1. The molecule has 0 aromatic carbocycles. The number of thiazole rings is 1. The van der Waals surface area contributed by atoms with Crippen LogP contribution in [0.2, 0.25) is 0 Å². The van der Waals surface area contributed by atoms with Gasteiger partial charge in [-0.3, -0.25) is 15.1 Å². The van der Waals surface area contributed by atoms with Gasteiger partial charge in [-0.2, -0.15) is 0 Å². The number of rotatable bonds is 9. The summed E-state index contributed by atoms with van der Waals surface area (Å²) in [5, 5.41) is 12.8. The van der Waals surface area contributed by atoms with E-state index in [2.05, 4.69) is 28.3 Å². The lowest BCUT2D eigenvalue weighted by Gasteiger charge is -2.36. The fourth-order valence-corrected chi connectivity index (χ4v) is 6.09. The van der Waals surface area contributed by atoms with Crippen molar-refractivity contribution in [2.45, 2.75) is 74.3 Å². The highest BCUT2D eigenvalue weighted by molar-refractivity contribution is 8.03. The van der Waals surface area contributed by atoms with Gasteiger partial charge in [-0.05, 0) is 69.9 Å². The van der Waals surface area contributed by atoms with E-state index < -0.39 is 10.7 Å². The number of carboxylic acids is 1. The van der Waals surface area contributed by atoms with Gasteiger partial charge in [0.2, 0.25) is 0 Å². The van der Waals surface area contributed by atoms with Crippen LogP contribution in [0.5, 0.6) is 0 Å². The number of amides is 2. The fourth-order valence-electron chi connectivity index (χ4n) is 3.83. The maximum Gasteiger partial charge on any atom is 0.323 e. The Kier molecular flexibility index (Phi) is 8.53. The van der Waals surface area contributed by atoms with Crippen LogP contribution in [0.3, 0.4) is 0 Å². The van der Waals surface area contributed by atoms with Crippen LogP contribution < -0.4 is 5.32 Å². The number of anilines is 1. The number of hydrogen-bond donors (Lipinski definition) is 2. The number of carbonyl (C=O) groups is 2. The minimum atomic E-state index is -0.953. The summed E-state index contributed by atoms with van der Waals surface area (Å²) in [5.74, 6) is -0.171. The molecule has 2 amide bonds. The number of aryl methyl sites for hydroxylation is 1. The van der Waals surface area contributed by atoms with Gasteiger partial charge in [-0.1, -0.05) is 36.1 Å². The molecule has 2 aromatic rings. The third-order valence-corrected chi connectivity index (χ3v) is 8.04. The fraction of sp³-hybridized carbons (Fsp3) is 0.565. The first kappa shape index (κ1) is 24.5. The van der Waals surface area contributed by atoms with Gasteiger partial charge in [0.25, 0.3) is 0 Å². The molecule has 2 heterocycles. The van der Waals surface area contributed by atoms with Crippen molar-refractivity contribution >= 4 is 40.2 Å². The summed E-state index contributed by atoms with van der Waals surface area (Å²) in [5.41, 5.74) is 1.17. The summed E-state index contributed by atoms with van der Waals surface area (Å²) >= 11 is 2.55. The number of carbonyl (C=O) groups excluding carboxylic acids is 1. The first-order valence-corrected chi connectivity index (χ1v) is 12.7. The lowest BCUT2D eigenvalue weighted by atomic mass is 9.86. The van der Waals surface area contributed by atoms with Crippen LogP contribution in [0.1, 0.15) is 58.4 Å². The molecular weight excluding hydrogens is 444 g/mol. The third kappa shape index (κ3) is 6.93. The SMILES string of the molecule is CC(C)(Sc1cnc(NC(=O)N(CCCc2cccnc2)[C@H]2CC[C@H](C)CC2)s1)C(=O)O. The van der Waals surface area contributed by atoms with Crippen molar-refractivity contribution in [3.05, 3.63) is 36.3 Å². The predicted molar refractivity (Wildman–Crippen MR) is 129 cm³/mol. The van der Waals surface area contributed by atoms with Gasteiger partial charge in [-0.25, -0.2) is 9.78 Å². The van der Waals surface area contributed by atoms with Crippen molar-refractivity contribution < 1.29 is 14.7 Å². The molecule has 32 heavy (non-hydrogen) atoms. The van der Waals surface area contributed by atoms with Gasteiger partial charge < -0.3 is 10.0 Å². The molecule has 1 saturated carbocycles. The Bertz CT molecular complexity index is 896. The van der Waals surface area contributed by atoms with E-state index in [-0.39, 0.29) is 12.1 Å². The average Bonchev–Trinajstić information content (AvgIpc) is 3.18. The van der Waals surface area contributed by atoms with Crippen LogP contribution in [0.25, 0.3) is 0 Å². The molecule has 0 radical (unpaired) electrons. The van der Waals surface area contributed by atoms with Crippen molar-refractivity contribution in [3.63, 3.8) is 0 Å². The zero-order valence-electron chi connectivity index (χ0n) is 18.9. The van der Waals surface area contributed by atoms with Crippen LogP contribution in [-0.2, 0) is 11.2 Å². The topological polar surface area (TPSA) is 95.4 Å². The molecule has 1 aliphatic rings. The van der Waals surface area contributed by atoms with Crippen molar-refractivity contribution in [1.82, 2.24) is 14.9 Å². The van der Waals surface area contributed by atoms with E-state index >= 15 is 0 Å². The van der Waals surface area contributed by atoms with E-state index in [0.717, 1.165) is 42.7 Å². The van der Waals surface area contributed by atoms with Gasteiger partial charge in [0.1, 0.15) is 4.75 Å². The zero-order valence-corrected chi connectivity index (χ0v) is 20.5. The van der Waals surface area contributed by atoms with Gasteiger partial charge in [0.05, 0.1) is 10.4 Å². The summed E-state index contributed by atoms with van der Waals surface area (Å²) < 4.78 is -0.187. The molecule has 0 aliphatic heterocycles. The highest BCUT2D eigenvalue weighted by Crippen LogP contribution is 2.37. The smallest absolute Gasteiger partial charge is 0.323 e. The van der Waals surface area contributed by atoms with Crippen LogP contribution >= 0.6 is 23.1 Å². The quantitative estimate of drug-likeness (QED) is 0.462. The Labute approximate surface area is 198 Å². The normalized spacial score (nSPS) is 18.8. The third-order valence-electron chi connectivity index (χ3n) is 5.84. The molecule has 0 bridgehead atoms. The van der Waals surface area contributed by atoms with Gasteiger partial charge >= 0.3 is 12.0 Å². The standard InChI is InChI=1S/C23H32N4O3S2/c1-16-8-10-18(11-9-16)27(13-5-7-17-6-4-12-24-14-17)22(30)26-21-25-15-19(31-21)32-23(2,3)20(28)29/h4,6,12,14-16,18H,5,7-11,13H2,1-3H3,(H,28,29)(H,25,26,30)/t16-,18-. The number of hydrogen-bond acceptors (Lipinski definition) is 6. The number of carboxylic acid groups (broad SMARTS) is 1. The van der Waals surface area contributed by atoms with Crippen LogP contribution in [0.4, 0.5) is 9.93 Å². The van der Waals surface area contributed by atoms with Gasteiger partial charge in [0, 0.05) is 25.0 Å². The lowest BCUT2D eigenvalue weighted by Crippen LogP contribution is -2.45. The van der Waals surface area contributed by atoms with E-state index in [1.807, 2.05) is 17.2 Å². The first-order chi connectivity index (χ1) is 15.2. The molecule has 0 spiro atoms. The maximum absolute atomic E-state index is 13.2. The predicted octanol–water partition coefficient (Wildman–Crippen LogP) is 5.54. The Hall–Kier alpha value is -2.13. The Balaban J connectivity index is 1.63. The highest BCUT2D eigenvalue weighted by atomic mass is 32.2. The molecule has 7 nitrogen and oxygen atoms in total. The van der Waals surface area contributed by atoms with E-state index in [9.17, 15) is 14.7 Å². The number of thioether (sulfide) groups is 1. The molecule has 3 rings (SSSR count). The highest BCUT2D eigenvalue weighted by Gasteiger charge is 2.30. The molecule has 0 atom stereocenters. The minimum absolute atomic E-state index is 0.126. The lowest BCUT2D eigenvalue weighted by molar-refractivity contribution is -0.138. The van der Waals surface area contributed by atoms with Crippen LogP contribution in [0, 0.1) is 5.92 Å². The van der Waals surface area contributed by atoms with E-state index in [1.54, 1.807) is 26.2 Å². The largest absolute Gasteiger partial charge is 0.480 e. The minimum Gasteiger partial charge on any atom is -0.480 e. The monoisotopic (exact) mass is 476 g/mol. The maximum atomic E-state index is 13.2. The van der Waals surface area contributed by atoms with Crippen LogP contribution in [0.15, 0.2) is 34.9 Å². The Morgan fingerprint density at radius 3 is 2.69 bits per heavy atom. The second-order valence-electron chi connectivity index (χ2n) is 8.90. The summed E-state index contributed by atoms with van der Waals surface area (Å²) in [7, 11) is 0. The molecule has 174 valence electrons. The number of nitrogens with one attached hydrogen (secondary N) is 1. The summed E-state index contributed by atoms with van der Waals surface area (Å²) in [6.45, 7) is 6.27. The van der Waals surface area contributed by atoms with Crippen molar-refractivity contribution in [1.29, 1.82) is 0 Å². The molecule has 0 unspecified atom stereocenters. The second kappa shape index (κ2) is 11.1. The van der Waals surface area contributed by atoms with Crippen molar-refractivity contribution in [3.8, 4) is 0 Å². The first-order valence-electron chi connectivity index (χ1n) is 11.1. The van der Waals surface area contributed by atoms with Crippen molar-refractivity contribution in [2.75, 3.05) is 11.9 Å². The van der Waals surface area contributed by atoms with Gasteiger partial charge in [-0.15, -0.1) is 0 Å². The molecule has 9 heteroatoms. The molecule has 1 aliphatic carbocycles. The van der Waals surface area contributed by atoms with Crippen molar-refractivity contribution in [2.24, 2.45) is 5.92 Å². The molecule has 2 N–H and O–H groups in total. The Morgan fingerprint density at radius 1 is 1.28 bits per heavy atom. The van der Waals surface area contributed by atoms with Crippen LogP contribution in [-0.4, -0.2) is 49.3 Å². The van der Waals surface area contributed by atoms with E-state index in [1.165, 1.54) is 28.7 Å². The number of nitrogens with zero attached hydrogens (tertiary/aromatic N) is 3. The number of aliphatic carboxylic acids is 1. The summed E-state index contributed by atoms with van der Waals surface area (Å²) in [4.78, 5) is 35.0. The molecule has 1 fully saturated rings. The number of aromatic nitrogens is 2. The van der Waals surface area contributed by atoms with E-state index in [0.29, 0.717) is 17.6 Å². The van der Waals surface area contributed by atoms with Gasteiger partial charge in [0.15, 0.2) is 5.13 Å². The van der Waals surface area contributed by atoms with E-state index in [4.69, 9.17) is 0 Å². The molecule has 0 saturated heterocycles. The molecular formula is C23H32N4O3S2. The summed E-state index contributed by atoms with van der Waals surface area (Å²) in [6.07, 6.45) is 11.3. The number of pyridine rings is 1. The summed E-state index contributed by atoms with van der Waals surface area (Å²) in [6, 6.07) is 4.11. The average molecular weight is 477 g/mol. The second-order valence-corrected chi connectivity index (χ2v) is 11.9.